The Bertz CT molecular complexity index is 744. The van der Waals surface area contributed by atoms with Gasteiger partial charge in [0.25, 0.3) is 0 Å². The standard InChI is InChI=1S/C18H21NO3S/c20-23(21)11-10-17(14-23)19-12-16-8-4-5-9-18(16)22-13-15-6-2-1-3-7-15/h1-9,17,19H,10-14H2/p+1/t17-/m0/s1. The van der Waals surface area contributed by atoms with Gasteiger partial charge < -0.3 is 10.1 Å². The molecule has 1 saturated heterocycles. The highest BCUT2D eigenvalue weighted by Gasteiger charge is 2.30. The number of benzene rings is 2. The van der Waals surface area contributed by atoms with Crippen LogP contribution in [0.5, 0.6) is 5.75 Å². The summed E-state index contributed by atoms with van der Waals surface area (Å²) in [5.41, 5.74) is 2.24. The predicted molar refractivity (Wildman–Crippen MR) is 89.9 cm³/mol. The van der Waals surface area contributed by atoms with Gasteiger partial charge in [0.2, 0.25) is 0 Å². The van der Waals surface area contributed by atoms with E-state index in [9.17, 15) is 8.42 Å². The fraction of sp³-hybridized carbons (Fsp3) is 0.333. The van der Waals surface area contributed by atoms with Crippen molar-refractivity contribution < 1.29 is 18.5 Å². The molecular weight excluding hydrogens is 310 g/mol. The van der Waals surface area contributed by atoms with Crippen molar-refractivity contribution in [1.82, 2.24) is 0 Å². The van der Waals surface area contributed by atoms with Gasteiger partial charge in [-0.05, 0) is 17.7 Å². The lowest BCUT2D eigenvalue weighted by Gasteiger charge is -2.12. The van der Waals surface area contributed by atoms with Crippen molar-refractivity contribution in [2.24, 2.45) is 0 Å². The van der Waals surface area contributed by atoms with Crippen LogP contribution in [-0.4, -0.2) is 26.0 Å². The molecule has 2 N–H and O–H groups in total. The van der Waals surface area contributed by atoms with Crippen molar-refractivity contribution in [2.45, 2.75) is 25.6 Å². The van der Waals surface area contributed by atoms with Gasteiger partial charge in [-0.15, -0.1) is 0 Å². The van der Waals surface area contributed by atoms with E-state index < -0.39 is 9.84 Å². The molecule has 0 aromatic heterocycles. The Morgan fingerprint density at radius 3 is 2.52 bits per heavy atom. The molecule has 0 bridgehead atoms. The van der Waals surface area contributed by atoms with Gasteiger partial charge >= 0.3 is 0 Å². The van der Waals surface area contributed by atoms with Gasteiger partial charge in [0.1, 0.15) is 30.7 Å². The van der Waals surface area contributed by atoms with Crippen LogP contribution in [0.4, 0.5) is 0 Å². The minimum absolute atomic E-state index is 0.169. The SMILES string of the molecule is O=S1(=O)CC[C@H]([NH2+]Cc2ccccc2OCc2ccccc2)C1. The Morgan fingerprint density at radius 2 is 1.78 bits per heavy atom. The Labute approximate surface area is 137 Å². The Hall–Kier alpha value is -1.85. The third-order valence-electron chi connectivity index (χ3n) is 4.15. The van der Waals surface area contributed by atoms with Gasteiger partial charge in [0.15, 0.2) is 9.84 Å². The maximum atomic E-state index is 11.5. The Kier molecular flexibility index (Phi) is 4.98. The summed E-state index contributed by atoms with van der Waals surface area (Å²) in [6.07, 6.45) is 0.745. The number of sulfone groups is 1. The van der Waals surface area contributed by atoms with Crippen LogP contribution in [0.15, 0.2) is 54.6 Å². The number of ether oxygens (including phenoxy) is 1. The lowest BCUT2D eigenvalue weighted by molar-refractivity contribution is -0.699. The van der Waals surface area contributed by atoms with E-state index in [0.717, 1.165) is 29.8 Å². The monoisotopic (exact) mass is 332 g/mol. The second-order valence-electron chi connectivity index (χ2n) is 5.98. The first-order valence-corrected chi connectivity index (χ1v) is 9.73. The van der Waals surface area contributed by atoms with Gasteiger partial charge in [-0.25, -0.2) is 8.42 Å². The maximum Gasteiger partial charge on any atom is 0.156 e. The smallest absolute Gasteiger partial charge is 0.156 e. The molecule has 1 heterocycles. The lowest BCUT2D eigenvalue weighted by Crippen LogP contribution is -2.89. The molecular formula is C18H22NO3S+. The van der Waals surface area contributed by atoms with Gasteiger partial charge in [-0.2, -0.15) is 0 Å². The molecule has 3 rings (SSSR count). The average Bonchev–Trinajstić information content (AvgIpc) is 2.92. The number of hydrogen-bond acceptors (Lipinski definition) is 3. The first-order chi connectivity index (χ1) is 11.1. The number of nitrogens with two attached hydrogens (primary N) is 1. The van der Waals surface area contributed by atoms with Crippen LogP contribution in [0.3, 0.4) is 0 Å². The van der Waals surface area contributed by atoms with Crippen molar-refractivity contribution in [3.05, 3.63) is 65.7 Å². The highest BCUT2D eigenvalue weighted by molar-refractivity contribution is 7.91. The van der Waals surface area contributed by atoms with Gasteiger partial charge in [-0.3, -0.25) is 0 Å². The molecule has 0 amide bonds. The van der Waals surface area contributed by atoms with Gasteiger partial charge in [0, 0.05) is 12.0 Å². The fourth-order valence-electron chi connectivity index (χ4n) is 2.85. The first-order valence-electron chi connectivity index (χ1n) is 7.91. The molecule has 4 nitrogen and oxygen atoms in total. The molecule has 0 saturated carbocycles. The topological polar surface area (TPSA) is 60.0 Å². The van der Waals surface area contributed by atoms with Crippen LogP contribution < -0.4 is 10.1 Å². The highest BCUT2D eigenvalue weighted by atomic mass is 32.2. The minimum Gasteiger partial charge on any atom is -0.488 e. The maximum absolute atomic E-state index is 11.5. The predicted octanol–water partition coefficient (Wildman–Crippen LogP) is 1.52. The summed E-state index contributed by atoms with van der Waals surface area (Å²) < 4.78 is 29.0. The van der Waals surface area contributed by atoms with Crippen molar-refractivity contribution in [3.8, 4) is 5.75 Å². The van der Waals surface area contributed by atoms with E-state index in [4.69, 9.17) is 4.74 Å². The summed E-state index contributed by atoms with van der Waals surface area (Å²) in [4.78, 5) is 0. The van der Waals surface area contributed by atoms with Gasteiger partial charge in [-0.1, -0.05) is 42.5 Å². The van der Waals surface area contributed by atoms with E-state index in [1.165, 1.54) is 0 Å². The van der Waals surface area contributed by atoms with E-state index in [2.05, 4.69) is 5.32 Å². The van der Waals surface area contributed by atoms with Crippen molar-refractivity contribution in [1.29, 1.82) is 0 Å². The molecule has 1 aliphatic heterocycles. The third kappa shape index (κ3) is 4.56. The molecule has 0 unspecified atom stereocenters. The quantitative estimate of drug-likeness (QED) is 0.872. The summed E-state index contributed by atoms with van der Waals surface area (Å²) in [7, 11) is -2.82. The molecule has 1 aliphatic rings. The summed E-state index contributed by atoms with van der Waals surface area (Å²) in [6.45, 7) is 1.28. The van der Waals surface area contributed by atoms with Crippen LogP contribution in [0.2, 0.25) is 0 Å². The lowest BCUT2D eigenvalue weighted by atomic mass is 10.1. The molecule has 122 valence electrons. The van der Waals surface area contributed by atoms with E-state index in [1.807, 2.05) is 54.6 Å². The van der Waals surface area contributed by atoms with Crippen LogP contribution in [0.1, 0.15) is 17.5 Å². The molecule has 23 heavy (non-hydrogen) atoms. The van der Waals surface area contributed by atoms with Crippen LogP contribution >= 0.6 is 0 Å². The van der Waals surface area contributed by atoms with Gasteiger partial charge in [0.05, 0.1) is 5.75 Å². The number of rotatable bonds is 6. The van der Waals surface area contributed by atoms with E-state index in [0.29, 0.717) is 18.1 Å². The fourth-order valence-corrected chi connectivity index (χ4v) is 4.64. The third-order valence-corrected chi connectivity index (χ3v) is 5.94. The van der Waals surface area contributed by atoms with E-state index in [1.54, 1.807) is 0 Å². The zero-order valence-corrected chi connectivity index (χ0v) is 13.8. The number of quaternary nitrogens is 1. The normalized spacial score (nSPS) is 19.6. The average molecular weight is 332 g/mol. The molecule has 0 radical (unpaired) electrons. The number of hydrogen-bond donors (Lipinski definition) is 1. The van der Waals surface area contributed by atoms with Crippen LogP contribution in [-0.2, 0) is 23.0 Å². The first kappa shape index (κ1) is 16.0. The van der Waals surface area contributed by atoms with Crippen LogP contribution in [0, 0.1) is 0 Å². The van der Waals surface area contributed by atoms with Crippen molar-refractivity contribution in [3.63, 3.8) is 0 Å². The van der Waals surface area contributed by atoms with Crippen molar-refractivity contribution in [2.75, 3.05) is 11.5 Å². The zero-order valence-electron chi connectivity index (χ0n) is 13.0. The summed E-state index contributed by atoms with van der Waals surface area (Å²) >= 11 is 0. The Balaban J connectivity index is 1.59. The molecule has 1 fully saturated rings. The van der Waals surface area contributed by atoms with Crippen LogP contribution in [0.25, 0.3) is 0 Å². The molecule has 1 atom stereocenters. The van der Waals surface area contributed by atoms with E-state index in [-0.39, 0.29) is 6.04 Å². The second-order valence-corrected chi connectivity index (χ2v) is 8.21. The summed E-state index contributed by atoms with van der Waals surface area (Å²) in [5, 5.41) is 2.12. The molecule has 0 aliphatic carbocycles. The number of para-hydroxylation sites is 1. The van der Waals surface area contributed by atoms with Crippen molar-refractivity contribution >= 4 is 9.84 Å². The molecule has 2 aromatic carbocycles. The molecule has 0 spiro atoms. The summed E-state index contributed by atoms with van der Waals surface area (Å²) in [6, 6.07) is 18.2. The second kappa shape index (κ2) is 7.15. The summed E-state index contributed by atoms with van der Waals surface area (Å²) in [5.74, 6) is 1.48. The molecule has 2 aromatic rings. The van der Waals surface area contributed by atoms with E-state index >= 15 is 0 Å². The largest absolute Gasteiger partial charge is 0.488 e. The molecule has 5 heteroatoms. The highest BCUT2D eigenvalue weighted by Crippen LogP contribution is 2.18. The Morgan fingerprint density at radius 1 is 1.04 bits per heavy atom. The zero-order chi connectivity index (χ0) is 16.1. The minimum atomic E-state index is -2.82.